The molecule has 1 unspecified atom stereocenters. The molecule has 1 aliphatic rings. The predicted molar refractivity (Wildman–Crippen MR) is 73.2 cm³/mol. The highest BCUT2D eigenvalue weighted by molar-refractivity contribution is 5.44. The van der Waals surface area contributed by atoms with Crippen molar-refractivity contribution >= 4 is 0 Å². The summed E-state index contributed by atoms with van der Waals surface area (Å²) in [5.41, 5.74) is 3.92. The van der Waals surface area contributed by atoms with Crippen molar-refractivity contribution in [1.82, 2.24) is 5.43 Å². The van der Waals surface area contributed by atoms with Gasteiger partial charge in [0.25, 0.3) is 0 Å². The molecule has 5 heteroatoms. The Morgan fingerprint density at radius 3 is 2.79 bits per heavy atom. The van der Waals surface area contributed by atoms with Gasteiger partial charge in [-0.05, 0) is 30.5 Å². The normalized spacial score (nSPS) is 15.3. The number of benzene rings is 1. The van der Waals surface area contributed by atoms with E-state index in [9.17, 15) is 0 Å². The molecule has 19 heavy (non-hydrogen) atoms. The molecule has 1 aliphatic heterocycles. The van der Waals surface area contributed by atoms with Crippen molar-refractivity contribution < 1.29 is 14.2 Å². The summed E-state index contributed by atoms with van der Waals surface area (Å²) in [5.74, 6) is 7.21. The second-order valence-corrected chi connectivity index (χ2v) is 4.52. The summed E-state index contributed by atoms with van der Waals surface area (Å²) in [6.45, 7) is 4.78. The molecule has 1 aromatic carbocycles. The summed E-state index contributed by atoms with van der Waals surface area (Å²) in [6, 6.07) is 5.99. The largest absolute Gasteiger partial charge is 0.486 e. The van der Waals surface area contributed by atoms with Crippen LogP contribution in [0.5, 0.6) is 11.5 Å². The zero-order valence-electron chi connectivity index (χ0n) is 11.4. The van der Waals surface area contributed by atoms with Crippen molar-refractivity contribution in [1.29, 1.82) is 0 Å². The molecule has 0 saturated heterocycles. The maximum atomic E-state index is 5.62. The van der Waals surface area contributed by atoms with Crippen molar-refractivity contribution in [2.24, 2.45) is 5.84 Å². The zero-order valence-corrected chi connectivity index (χ0v) is 11.4. The third kappa shape index (κ3) is 3.83. The van der Waals surface area contributed by atoms with Crippen LogP contribution in [0.4, 0.5) is 0 Å². The lowest BCUT2D eigenvalue weighted by Crippen LogP contribution is -2.29. The Balaban J connectivity index is 1.97. The fourth-order valence-corrected chi connectivity index (χ4v) is 2.07. The summed E-state index contributed by atoms with van der Waals surface area (Å²) in [6.07, 6.45) is 1.86. The summed E-state index contributed by atoms with van der Waals surface area (Å²) in [4.78, 5) is 0. The minimum atomic E-state index is 0.0627. The van der Waals surface area contributed by atoms with Gasteiger partial charge >= 0.3 is 0 Å². The maximum Gasteiger partial charge on any atom is 0.161 e. The van der Waals surface area contributed by atoms with Crippen LogP contribution in [0.1, 0.15) is 31.4 Å². The first-order chi connectivity index (χ1) is 9.35. The molecule has 1 atom stereocenters. The number of ether oxygens (including phenoxy) is 3. The topological polar surface area (TPSA) is 65.7 Å². The van der Waals surface area contributed by atoms with Gasteiger partial charge in [-0.2, -0.15) is 0 Å². The van der Waals surface area contributed by atoms with E-state index < -0.39 is 0 Å². The lowest BCUT2D eigenvalue weighted by Gasteiger charge is -2.22. The van der Waals surface area contributed by atoms with E-state index in [1.54, 1.807) is 0 Å². The number of nitrogens with two attached hydrogens (primary N) is 1. The predicted octanol–water partition coefficient (Wildman–Crippen LogP) is 1.78. The molecular weight excluding hydrogens is 244 g/mol. The molecule has 0 amide bonds. The fraction of sp³-hybridized carbons (Fsp3) is 0.571. The van der Waals surface area contributed by atoms with Gasteiger partial charge in [0.15, 0.2) is 11.5 Å². The summed E-state index contributed by atoms with van der Waals surface area (Å²) in [5, 5.41) is 0. The van der Waals surface area contributed by atoms with Gasteiger partial charge in [0.05, 0.1) is 0 Å². The Morgan fingerprint density at radius 1 is 1.26 bits per heavy atom. The highest BCUT2D eigenvalue weighted by Gasteiger charge is 2.16. The van der Waals surface area contributed by atoms with Crippen LogP contribution in [0, 0.1) is 0 Å². The van der Waals surface area contributed by atoms with Crippen LogP contribution in [-0.2, 0) is 4.74 Å². The molecule has 1 heterocycles. The second-order valence-electron chi connectivity index (χ2n) is 4.52. The Hall–Kier alpha value is -1.30. The summed E-state index contributed by atoms with van der Waals surface area (Å²) in [7, 11) is 0. The van der Waals surface area contributed by atoms with Gasteiger partial charge < -0.3 is 14.2 Å². The van der Waals surface area contributed by atoms with Crippen molar-refractivity contribution in [3.05, 3.63) is 23.8 Å². The van der Waals surface area contributed by atoms with Crippen LogP contribution in [-0.4, -0.2) is 26.4 Å². The minimum Gasteiger partial charge on any atom is -0.486 e. The van der Waals surface area contributed by atoms with Gasteiger partial charge in [-0.1, -0.05) is 13.0 Å². The van der Waals surface area contributed by atoms with Crippen LogP contribution in [0.2, 0.25) is 0 Å². The van der Waals surface area contributed by atoms with Crippen LogP contribution in [0.3, 0.4) is 0 Å². The Kier molecular flexibility index (Phi) is 5.44. The van der Waals surface area contributed by atoms with Crippen LogP contribution in [0.15, 0.2) is 18.2 Å². The molecule has 1 aromatic rings. The van der Waals surface area contributed by atoms with Gasteiger partial charge in [0, 0.05) is 19.3 Å². The second kappa shape index (κ2) is 7.33. The third-order valence-electron chi connectivity index (χ3n) is 3.07. The fourth-order valence-electron chi connectivity index (χ4n) is 2.07. The average molecular weight is 266 g/mol. The molecule has 0 fully saturated rings. The standard InChI is InChI=1S/C14H22N2O3/c1-2-6-17-7-5-12(16-15)11-3-4-13-14(10-11)19-9-8-18-13/h3-4,10,12,16H,2,5-9,15H2,1H3. The molecule has 0 saturated carbocycles. The van der Waals surface area contributed by atoms with E-state index in [2.05, 4.69) is 12.3 Å². The van der Waals surface area contributed by atoms with Gasteiger partial charge in [-0.3, -0.25) is 11.3 Å². The number of fused-ring (bicyclic) bond motifs is 1. The smallest absolute Gasteiger partial charge is 0.161 e. The number of hydrogen-bond acceptors (Lipinski definition) is 5. The van der Waals surface area contributed by atoms with E-state index in [4.69, 9.17) is 20.1 Å². The monoisotopic (exact) mass is 266 g/mol. The SMILES string of the molecule is CCCOCCC(NN)c1ccc2c(c1)OCCO2. The van der Waals surface area contributed by atoms with Gasteiger partial charge in [0.2, 0.25) is 0 Å². The Labute approximate surface area is 114 Å². The lowest BCUT2D eigenvalue weighted by atomic mass is 10.0. The molecule has 2 rings (SSSR count). The summed E-state index contributed by atoms with van der Waals surface area (Å²) >= 11 is 0. The molecule has 5 nitrogen and oxygen atoms in total. The van der Waals surface area contributed by atoms with E-state index >= 15 is 0 Å². The minimum absolute atomic E-state index is 0.0627. The van der Waals surface area contributed by atoms with Crippen LogP contribution < -0.4 is 20.7 Å². The maximum absolute atomic E-state index is 5.62. The van der Waals surface area contributed by atoms with Gasteiger partial charge in [-0.25, -0.2) is 0 Å². The lowest BCUT2D eigenvalue weighted by molar-refractivity contribution is 0.124. The van der Waals surface area contributed by atoms with Crippen LogP contribution in [0.25, 0.3) is 0 Å². The Morgan fingerprint density at radius 2 is 2.05 bits per heavy atom. The third-order valence-corrected chi connectivity index (χ3v) is 3.07. The number of rotatable bonds is 7. The molecule has 0 radical (unpaired) electrons. The number of hydrogen-bond donors (Lipinski definition) is 2. The molecule has 0 spiro atoms. The number of hydrazine groups is 1. The van der Waals surface area contributed by atoms with Crippen molar-refractivity contribution in [2.75, 3.05) is 26.4 Å². The van der Waals surface area contributed by atoms with E-state index in [-0.39, 0.29) is 6.04 Å². The molecule has 106 valence electrons. The highest BCUT2D eigenvalue weighted by Crippen LogP contribution is 2.33. The first-order valence-electron chi connectivity index (χ1n) is 6.78. The zero-order chi connectivity index (χ0) is 13.5. The first kappa shape index (κ1) is 14.1. The van der Waals surface area contributed by atoms with E-state index in [0.29, 0.717) is 19.8 Å². The van der Waals surface area contributed by atoms with E-state index in [0.717, 1.165) is 36.5 Å². The summed E-state index contributed by atoms with van der Waals surface area (Å²) < 4.78 is 16.6. The van der Waals surface area contributed by atoms with Crippen molar-refractivity contribution in [2.45, 2.75) is 25.8 Å². The van der Waals surface area contributed by atoms with Crippen molar-refractivity contribution in [3.63, 3.8) is 0 Å². The average Bonchev–Trinajstić information content (AvgIpc) is 2.47. The number of nitrogens with one attached hydrogen (secondary N) is 1. The Bertz CT molecular complexity index is 398. The van der Waals surface area contributed by atoms with Crippen molar-refractivity contribution in [3.8, 4) is 11.5 Å². The highest BCUT2D eigenvalue weighted by atomic mass is 16.6. The quantitative estimate of drug-likeness (QED) is 0.447. The molecular formula is C14H22N2O3. The molecule has 3 N–H and O–H groups in total. The van der Waals surface area contributed by atoms with Crippen LogP contribution >= 0.6 is 0 Å². The molecule has 0 aromatic heterocycles. The van der Waals surface area contributed by atoms with Gasteiger partial charge in [-0.15, -0.1) is 0 Å². The van der Waals surface area contributed by atoms with E-state index in [1.165, 1.54) is 0 Å². The first-order valence-corrected chi connectivity index (χ1v) is 6.78. The van der Waals surface area contributed by atoms with Gasteiger partial charge in [0.1, 0.15) is 13.2 Å². The molecule has 0 bridgehead atoms. The van der Waals surface area contributed by atoms with E-state index in [1.807, 2.05) is 18.2 Å². The molecule has 0 aliphatic carbocycles.